The van der Waals surface area contributed by atoms with Crippen LogP contribution >= 0.6 is 0 Å². The molecule has 0 amide bonds. The zero-order chi connectivity index (χ0) is 21.2. The Balaban J connectivity index is 1.92. The third kappa shape index (κ3) is 2.71. The average molecular weight is 395 g/mol. The van der Waals surface area contributed by atoms with Gasteiger partial charge in [-0.25, -0.2) is 0 Å². The molecule has 4 heteroatoms. The third-order valence-corrected chi connectivity index (χ3v) is 8.32. The van der Waals surface area contributed by atoms with Crippen LogP contribution < -0.4 is 10.3 Å². The molecule has 1 N–H and O–H groups in total. The number of rotatable bonds is 2. The summed E-state index contributed by atoms with van der Waals surface area (Å²) in [6, 6.07) is 10.2. The van der Waals surface area contributed by atoms with Crippen LogP contribution in [0, 0.1) is 11.3 Å². The van der Waals surface area contributed by atoms with E-state index in [0.717, 1.165) is 24.0 Å². The number of aromatic nitrogens is 2. The summed E-state index contributed by atoms with van der Waals surface area (Å²) in [5.41, 5.74) is 0.586. The minimum absolute atomic E-state index is 0.0488. The van der Waals surface area contributed by atoms with Crippen molar-refractivity contribution in [2.45, 2.75) is 84.2 Å². The summed E-state index contributed by atoms with van der Waals surface area (Å²) >= 11 is 0. The Labute approximate surface area is 174 Å². The topological polar surface area (TPSA) is 55.0 Å². The second-order valence-corrected chi connectivity index (χ2v) is 10.7. The van der Waals surface area contributed by atoms with Crippen LogP contribution in [-0.2, 0) is 10.8 Å². The van der Waals surface area contributed by atoms with Gasteiger partial charge in [0.15, 0.2) is 0 Å². The second kappa shape index (κ2) is 6.20. The number of benzene rings is 1. The molecule has 2 aromatic rings. The van der Waals surface area contributed by atoms with Gasteiger partial charge in [0.25, 0.3) is 5.56 Å². The number of nitrogens with zero attached hydrogens (tertiary/aromatic N) is 1. The smallest absolute Gasteiger partial charge is 0.258 e. The van der Waals surface area contributed by atoms with Crippen LogP contribution in [0.2, 0.25) is 0 Å². The summed E-state index contributed by atoms with van der Waals surface area (Å²) in [7, 11) is 0. The minimum atomic E-state index is -0.426. The van der Waals surface area contributed by atoms with Gasteiger partial charge in [0.1, 0.15) is 11.4 Å². The fourth-order valence-corrected chi connectivity index (χ4v) is 5.83. The third-order valence-electron chi connectivity index (χ3n) is 8.32. The van der Waals surface area contributed by atoms with E-state index in [4.69, 9.17) is 9.72 Å². The zero-order valence-corrected chi connectivity index (χ0v) is 18.8. The van der Waals surface area contributed by atoms with Gasteiger partial charge in [-0.1, -0.05) is 51.1 Å². The van der Waals surface area contributed by atoms with E-state index in [2.05, 4.69) is 65.6 Å². The van der Waals surface area contributed by atoms with Crippen molar-refractivity contribution in [3.63, 3.8) is 0 Å². The number of ether oxygens (including phenoxy) is 1. The van der Waals surface area contributed by atoms with Crippen LogP contribution in [-0.4, -0.2) is 15.6 Å². The highest BCUT2D eigenvalue weighted by Crippen LogP contribution is 2.62. The number of hydrogen-bond donors (Lipinski definition) is 1. The van der Waals surface area contributed by atoms with Crippen molar-refractivity contribution in [1.82, 2.24) is 9.97 Å². The van der Waals surface area contributed by atoms with E-state index in [1.54, 1.807) is 0 Å². The first-order valence-electron chi connectivity index (χ1n) is 10.8. The quantitative estimate of drug-likeness (QED) is 0.747. The molecular weight excluding hydrogens is 360 g/mol. The fourth-order valence-electron chi connectivity index (χ4n) is 5.83. The predicted molar refractivity (Wildman–Crippen MR) is 117 cm³/mol. The average Bonchev–Trinajstić information content (AvgIpc) is 2.64. The summed E-state index contributed by atoms with van der Waals surface area (Å²) in [5, 5.41) is 0. The molecule has 0 spiro atoms. The van der Waals surface area contributed by atoms with Crippen molar-refractivity contribution in [3.8, 4) is 5.88 Å². The molecule has 1 aromatic heterocycles. The molecule has 0 radical (unpaired) electrons. The van der Waals surface area contributed by atoms with Crippen molar-refractivity contribution in [2.24, 2.45) is 11.3 Å². The summed E-state index contributed by atoms with van der Waals surface area (Å²) in [5.74, 6) is 1.75. The van der Waals surface area contributed by atoms with E-state index in [9.17, 15) is 4.79 Å². The number of nitrogens with one attached hydrogen (secondary N) is 1. The number of aromatic amines is 1. The Morgan fingerprint density at radius 3 is 2.45 bits per heavy atom. The Bertz CT molecular complexity index is 992. The van der Waals surface area contributed by atoms with Crippen molar-refractivity contribution in [2.75, 3.05) is 0 Å². The first-order chi connectivity index (χ1) is 13.4. The molecule has 1 aliphatic carbocycles. The predicted octanol–water partition coefficient (Wildman–Crippen LogP) is 5.35. The van der Waals surface area contributed by atoms with E-state index in [1.165, 1.54) is 6.42 Å². The fraction of sp³-hybridized carbons (Fsp3) is 0.600. The first kappa shape index (κ1) is 20.2. The van der Waals surface area contributed by atoms with Crippen LogP contribution in [0.4, 0.5) is 0 Å². The summed E-state index contributed by atoms with van der Waals surface area (Å²) < 4.78 is 6.51. The SMILES string of the molecule is C[C@@H]1CC[C@@]2(C)C(C)(C)Oc3nc(C(C)(C)c4ccccc4)[nH]c(=O)c3[C@]2(C)C1. The lowest BCUT2D eigenvalue weighted by Gasteiger charge is -2.61. The van der Waals surface area contributed by atoms with E-state index in [-0.39, 0.29) is 16.4 Å². The van der Waals surface area contributed by atoms with E-state index in [1.807, 2.05) is 18.2 Å². The summed E-state index contributed by atoms with van der Waals surface area (Å²) in [6.45, 7) is 15.4. The highest BCUT2D eigenvalue weighted by molar-refractivity contribution is 5.42. The molecule has 1 aromatic carbocycles. The molecule has 1 aliphatic heterocycles. The van der Waals surface area contributed by atoms with Gasteiger partial charge in [0.2, 0.25) is 5.88 Å². The number of hydrogen-bond acceptors (Lipinski definition) is 3. The van der Waals surface area contributed by atoms with Crippen molar-refractivity contribution < 1.29 is 4.74 Å². The maximum Gasteiger partial charge on any atom is 0.258 e. The molecule has 1 fully saturated rings. The minimum Gasteiger partial charge on any atom is -0.471 e. The molecule has 3 atom stereocenters. The van der Waals surface area contributed by atoms with Gasteiger partial charge in [-0.2, -0.15) is 4.98 Å². The van der Waals surface area contributed by atoms with Gasteiger partial charge >= 0.3 is 0 Å². The lowest BCUT2D eigenvalue weighted by molar-refractivity contribution is -0.124. The molecule has 0 bridgehead atoms. The van der Waals surface area contributed by atoms with Crippen LogP contribution in [0.15, 0.2) is 35.1 Å². The lowest BCUT2D eigenvalue weighted by atomic mass is 9.47. The number of fused-ring (bicyclic) bond motifs is 3. The summed E-state index contributed by atoms with van der Waals surface area (Å²) in [6.07, 6.45) is 3.20. The van der Waals surface area contributed by atoms with Crippen molar-refractivity contribution >= 4 is 0 Å². The molecule has 4 nitrogen and oxygen atoms in total. The highest BCUT2D eigenvalue weighted by atomic mass is 16.5. The molecular formula is C25H34N2O2. The zero-order valence-electron chi connectivity index (χ0n) is 18.8. The van der Waals surface area contributed by atoms with E-state index in [0.29, 0.717) is 17.6 Å². The van der Waals surface area contributed by atoms with E-state index >= 15 is 0 Å². The van der Waals surface area contributed by atoms with Crippen molar-refractivity contribution in [3.05, 3.63) is 57.6 Å². The van der Waals surface area contributed by atoms with Gasteiger partial charge in [0.05, 0.1) is 5.56 Å². The Morgan fingerprint density at radius 1 is 1.14 bits per heavy atom. The first-order valence-corrected chi connectivity index (χ1v) is 10.8. The van der Waals surface area contributed by atoms with Gasteiger partial charge < -0.3 is 9.72 Å². The molecule has 1 saturated carbocycles. The monoisotopic (exact) mass is 394 g/mol. The Morgan fingerprint density at radius 2 is 1.79 bits per heavy atom. The highest BCUT2D eigenvalue weighted by Gasteiger charge is 2.63. The molecule has 2 aliphatic rings. The molecule has 4 rings (SSSR count). The Kier molecular flexibility index (Phi) is 4.31. The normalized spacial score (nSPS) is 30.8. The van der Waals surface area contributed by atoms with Gasteiger partial charge in [0, 0.05) is 16.2 Å². The van der Waals surface area contributed by atoms with Crippen LogP contribution in [0.3, 0.4) is 0 Å². The molecule has 2 heterocycles. The second-order valence-electron chi connectivity index (χ2n) is 10.7. The van der Waals surface area contributed by atoms with Gasteiger partial charge in [-0.3, -0.25) is 4.79 Å². The van der Waals surface area contributed by atoms with E-state index < -0.39 is 11.0 Å². The number of H-pyrrole nitrogens is 1. The molecule has 0 saturated heterocycles. The van der Waals surface area contributed by atoms with Crippen LogP contribution in [0.5, 0.6) is 5.88 Å². The van der Waals surface area contributed by atoms with Crippen molar-refractivity contribution in [1.29, 1.82) is 0 Å². The molecule has 29 heavy (non-hydrogen) atoms. The molecule has 156 valence electrons. The Hall–Kier alpha value is -2.10. The van der Waals surface area contributed by atoms with Gasteiger partial charge in [-0.05, 0) is 58.4 Å². The van der Waals surface area contributed by atoms with Gasteiger partial charge in [-0.15, -0.1) is 0 Å². The maximum atomic E-state index is 13.5. The van der Waals surface area contributed by atoms with Crippen LogP contribution in [0.25, 0.3) is 0 Å². The maximum absolute atomic E-state index is 13.5. The van der Waals surface area contributed by atoms with Crippen LogP contribution in [0.1, 0.15) is 84.7 Å². The standard InChI is InChI=1S/C25H34N2O2/c1-16-13-14-25(7)23(4,5)29-20-18(24(25,6)15-16)19(28)26-21(27-20)22(2,3)17-11-9-8-10-12-17/h8-12,16H,13-15H2,1-7H3,(H,26,27,28)/t16-,24+,25+/m1/s1. The summed E-state index contributed by atoms with van der Waals surface area (Å²) in [4.78, 5) is 21.6. The lowest BCUT2D eigenvalue weighted by Crippen LogP contribution is -2.64. The molecule has 0 unspecified atom stereocenters. The largest absolute Gasteiger partial charge is 0.471 e.